The van der Waals surface area contributed by atoms with Crippen molar-refractivity contribution in [2.45, 2.75) is 69.5 Å². The van der Waals surface area contributed by atoms with Gasteiger partial charge in [0.1, 0.15) is 29.4 Å². The Bertz CT molecular complexity index is 1390. The summed E-state index contributed by atoms with van der Waals surface area (Å²) in [5.74, 6) is -5.29. The lowest BCUT2D eigenvalue weighted by Gasteiger charge is -2.39. The highest BCUT2D eigenvalue weighted by Gasteiger charge is 2.81. The number of carbonyl (C=O) groups is 2. The minimum atomic E-state index is -1.76. The third-order valence-electron chi connectivity index (χ3n) is 8.72. The number of hydrogen-bond donors (Lipinski definition) is 0. The maximum atomic E-state index is 14.5. The zero-order valence-electron chi connectivity index (χ0n) is 23.0. The van der Waals surface area contributed by atoms with Crippen LogP contribution in [-0.2, 0) is 23.8 Å². The number of fused-ring (bicyclic) bond motifs is 1. The van der Waals surface area contributed by atoms with Gasteiger partial charge in [0.2, 0.25) is 11.7 Å². The SMILES string of the molecule is CCOC(=O)[C@@H]1[C@H]2C(=O)N(C3CCCCC3)[C@H](c3ccc(F)cc3)[C@]23N=C(c2ccc([N+](=O)[O-])cc2)[C@@]1(OCC)O3. The van der Waals surface area contributed by atoms with Crippen LogP contribution in [0.25, 0.3) is 0 Å². The zero-order valence-corrected chi connectivity index (χ0v) is 23.0. The molecular formula is C30H32FN3O7. The molecule has 0 radical (unpaired) electrons. The maximum Gasteiger partial charge on any atom is 0.315 e. The summed E-state index contributed by atoms with van der Waals surface area (Å²) >= 11 is 0. The normalized spacial score (nSPS) is 30.8. The number of nitro groups is 1. The van der Waals surface area contributed by atoms with Gasteiger partial charge in [-0.05, 0) is 56.5 Å². The van der Waals surface area contributed by atoms with Gasteiger partial charge in [-0.25, -0.2) is 9.38 Å². The topological polar surface area (TPSA) is 121 Å². The zero-order chi connectivity index (χ0) is 28.9. The van der Waals surface area contributed by atoms with E-state index in [2.05, 4.69) is 0 Å². The van der Waals surface area contributed by atoms with Crippen molar-refractivity contribution in [2.75, 3.05) is 13.2 Å². The van der Waals surface area contributed by atoms with Crippen molar-refractivity contribution < 1.29 is 33.1 Å². The Labute approximate surface area is 236 Å². The predicted octanol–water partition coefficient (Wildman–Crippen LogP) is 4.71. The van der Waals surface area contributed by atoms with Gasteiger partial charge in [0.25, 0.3) is 5.69 Å². The van der Waals surface area contributed by atoms with Gasteiger partial charge >= 0.3 is 5.97 Å². The highest BCUT2D eigenvalue weighted by Crippen LogP contribution is 2.65. The molecule has 2 aromatic carbocycles. The van der Waals surface area contributed by atoms with Gasteiger partial charge in [0.05, 0.1) is 11.5 Å². The second-order valence-corrected chi connectivity index (χ2v) is 10.9. The van der Waals surface area contributed by atoms with Crippen molar-refractivity contribution in [3.63, 3.8) is 0 Å². The molecule has 0 unspecified atom stereocenters. The number of aliphatic imine (C=N–C) groups is 1. The average molecular weight is 566 g/mol. The molecule has 3 heterocycles. The van der Waals surface area contributed by atoms with E-state index < -0.39 is 46.1 Å². The maximum absolute atomic E-state index is 14.5. The van der Waals surface area contributed by atoms with Crippen LogP contribution < -0.4 is 0 Å². The van der Waals surface area contributed by atoms with Gasteiger partial charge in [-0.1, -0.05) is 31.4 Å². The van der Waals surface area contributed by atoms with Gasteiger partial charge in [-0.15, -0.1) is 0 Å². The van der Waals surface area contributed by atoms with Crippen molar-refractivity contribution in [1.82, 2.24) is 4.90 Å². The molecule has 1 aliphatic carbocycles. The fourth-order valence-electron chi connectivity index (χ4n) is 7.19. The molecule has 4 aliphatic rings. The van der Waals surface area contributed by atoms with E-state index in [0.717, 1.165) is 32.1 Å². The molecule has 11 heteroatoms. The Morgan fingerprint density at radius 3 is 2.39 bits per heavy atom. The minimum absolute atomic E-state index is 0.0865. The molecular weight excluding hydrogens is 533 g/mol. The first-order chi connectivity index (χ1) is 19.8. The number of amides is 1. The lowest BCUT2D eigenvalue weighted by molar-refractivity contribution is -0.384. The van der Waals surface area contributed by atoms with E-state index in [9.17, 15) is 24.1 Å². The molecule has 2 bridgehead atoms. The number of halogens is 1. The highest BCUT2D eigenvalue weighted by atomic mass is 19.1. The molecule has 1 saturated carbocycles. The number of nitrogens with zero attached hydrogens (tertiary/aromatic N) is 3. The Morgan fingerprint density at radius 2 is 1.78 bits per heavy atom. The van der Waals surface area contributed by atoms with Gasteiger partial charge in [-0.2, -0.15) is 0 Å². The van der Waals surface area contributed by atoms with E-state index in [0.29, 0.717) is 11.1 Å². The Kier molecular flexibility index (Phi) is 6.89. The Balaban J connectivity index is 1.58. The Hall–Kier alpha value is -3.70. The molecule has 3 aliphatic heterocycles. The standard InChI is InChI=1S/C30H32FN3O7/c1-3-39-28(36)24-23-27(35)33(21-8-6-5-7-9-21)26(19-10-14-20(31)15-11-19)29(23)32-25(30(24,41-29)40-4-2)18-12-16-22(17-13-18)34(37)38/h10-17,21,23-24,26H,3-9H2,1-2H3/t23-,24-,26+,29-,30-/m0/s1. The molecule has 2 saturated heterocycles. The number of non-ortho nitro benzene ring substituents is 1. The average Bonchev–Trinajstić information content (AvgIpc) is 3.54. The molecule has 5 atom stereocenters. The van der Waals surface area contributed by atoms with Crippen LogP contribution in [0.4, 0.5) is 10.1 Å². The van der Waals surface area contributed by atoms with Crippen molar-refractivity contribution in [1.29, 1.82) is 0 Å². The Morgan fingerprint density at radius 1 is 1.10 bits per heavy atom. The first-order valence-corrected chi connectivity index (χ1v) is 14.2. The van der Waals surface area contributed by atoms with Crippen LogP contribution in [0.15, 0.2) is 53.5 Å². The first-order valence-electron chi connectivity index (χ1n) is 14.2. The van der Waals surface area contributed by atoms with E-state index in [1.165, 1.54) is 36.4 Å². The van der Waals surface area contributed by atoms with Gasteiger partial charge < -0.3 is 19.1 Å². The summed E-state index contributed by atoms with van der Waals surface area (Å²) in [4.78, 5) is 46.0. The number of likely N-dealkylation sites (tertiary alicyclic amines) is 1. The molecule has 3 fully saturated rings. The largest absolute Gasteiger partial charge is 0.466 e. The van der Waals surface area contributed by atoms with Crippen LogP contribution in [0.2, 0.25) is 0 Å². The van der Waals surface area contributed by atoms with Crippen LogP contribution in [-0.4, -0.2) is 58.2 Å². The molecule has 0 aromatic heterocycles. The van der Waals surface area contributed by atoms with E-state index in [1.807, 2.05) is 0 Å². The summed E-state index contributed by atoms with van der Waals surface area (Å²) in [5.41, 5.74) is -0.290. The third-order valence-corrected chi connectivity index (χ3v) is 8.72. The number of benzene rings is 2. The molecule has 1 spiro atoms. The predicted molar refractivity (Wildman–Crippen MR) is 144 cm³/mol. The highest BCUT2D eigenvalue weighted by molar-refractivity contribution is 6.12. The van der Waals surface area contributed by atoms with Crippen LogP contribution in [0.5, 0.6) is 0 Å². The second kappa shape index (κ2) is 10.3. The van der Waals surface area contributed by atoms with Crippen LogP contribution >= 0.6 is 0 Å². The molecule has 6 rings (SSSR count). The van der Waals surface area contributed by atoms with Gasteiger partial charge in [-0.3, -0.25) is 19.7 Å². The summed E-state index contributed by atoms with van der Waals surface area (Å²) < 4.78 is 32.6. The van der Waals surface area contributed by atoms with E-state index in [-0.39, 0.29) is 36.6 Å². The van der Waals surface area contributed by atoms with E-state index >= 15 is 0 Å². The third kappa shape index (κ3) is 4.08. The molecule has 0 N–H and O–H groups in total. The molecule has 41 heavy (non-hydrogen) atoms. The van der Waals surface area contributed by atoms with E-state index in [4.69, 9.17) is 19.2 Å². The lowest BCUT2D eigenvalue weighted by atomic mass is 9.75. The molecule has 1 amide bonds. The number of ether oxygens (including phenoxy) is 3. The monoisotopic (exact) mass is 565 g/mol. The molecule has 2 aromatic rings. The van der Waals surface area contributed by atoms with E-state index in [1.54, 1.807) is 30.9 Å². The van der Waals surface area contributed by atoms with Crippen molar-refractivity contribution in [3.05, 3.63) is 75.6 Å². The summed E-state index contributed by atoms with van der Waals surface area (Å²) in [6.07, 6.45) is 4.60. The summed E-state index contributed by atoms with van der Waals surface area (Å²) in [5, 5.41) is 11.3. The number of esters is 1. The van der Waals surface area contributed by atoms with Crippen LogP contribution in [0.1, 0.15) is 63.1 Å². The van der Waals surface area contributed by atoms with Gasteiger partial charge in [0, 0.05) is 30.3 Å². The molecule has 216 valence electrons. The van der Waals surface area contributed by atoms with Crippen molar-refractivity contribution in [3.8, 4) is 0 Å². The summed E-state index contributed by atoms with van der Waals surface area (Å²) in [6.45, 7) is 3.66. The minimum Gasteiger partial charge on any atom is -0.466 e. The van der Waals surface area contributed by atoms with Crippen LogP contribution in [0, 0.1) is 27.8 Å². The molecule has 10 nitrogen and oxygen atoms in total. The summed E-state index contributed by atoms with van der Waals surface area (Å²) in [7, 11) is 0. The fraction of sp³-hybridized carbons (Fsp3) is 0.500. The quantitative estimate of drug-likeness (QED) is 0.258. The van der Waals surface area contributed by atoms with Crippen molar-refractivity contribution >= 4 is 23.3 Å². The lowest BCUT2D eigenvalue weighted by Crippen LogP contribution is -2.54. The fourth-order valence-corrected chi connectivity index (χ4v) is 7.19. The van der Waals surface area contributed by atoms with Gasteiger partial charge in [0.15, 0.2) is 5.72 Å². The van der Waals surface area contributed by atoms with Crippen molar-refractivity contribution in [2.24, 2.45) is 16.8 Å². The number of carbonyl (C=O) groups excluding carboxylic acids is 2. The smallest absolute Gasteiger partial charge is 0.315 e. The first kappa shape index (κ1) is 27.5. The second-order valence-electron chi connectivity index (χ2n) is 10.9. The number of nitro benzene ring substituents is 1. The summed E-state index contributed by atoms with van der Waals surface area (Å²) in [6, 6.07) is 10.9. The van der Waals surface area contributed by atoms with Crippen LogP contribution in [0.3, 0.4) is 0 Å². The number of hydrogen-bond acceptors (Lipinski definition) is 8. The number of rotatable bonds is 8.